The number of nitro benzene ring substituents is 1. The molecule has 1 N–H and O–H groups in total. The summed E-state index contributed by atoms with van der Waals surface area (Å²) in [7, 11) is -1.28. The third kappa shape index (κ3) is 4.21. The molecule has 1 aromatic carbocycles. The largest absolute Gasteiger partial charge is 0.419 e. The maximum absolute atomic E-state index is 11.8. The lowest BCUT2D eigenvalue weighted by atomic mass is 9.53. The highest BCUT2D eigenvalue weighted by Crippen LogP contribution is 2.65. The van der Waals surface area contributed by atoms with Crippen LogP contribution in [0.25, 0.3) is 0 Å². The fourth-order valence-electron chi connectivity index (χ4n) is 7.01. The Morgan fingerprint density at radius 3 is 3.12 bits per heavy atom. The van der Waals surface area contributed by atoms with Crippen molar-refractivity contribution in [1.29, 1.82) is 3.95 Å². The van der Waals surface area contributed by atoms with Crippen molar-refractivity contribution in [3.63, 3.8) is 0 Å². The van der Waals surface area contributed by atoms with Gasteiger partial charge in [-0.15, -0.1) is 0 Å². The van der Waals surface area contributed by atoms with Crippen LogP contribution in [0, 0.1) is 27.4 Å². The number of hydrogen-bond donors (Lipinski definition) is 1. The highest BCUT2D eigenvalue weighted by Gasteiger charge is 2.61. The van der Waals surface area contributed by atoms with Crippen LogP contribution in [-0.4, -0.2) is 39.6 Å². The summed E-state index contributed by atoms with van der Waals surface area (Å²) in [5, 5.41) is 23.6. The van der Waals surface area contributed by atoms with Crippen molar-refractivity contribution >= 4 is 34.9 Å². The zero-order valence-corrected chi connectivity index (χ0v) is 20.5. The molecule has 2 saturated carbocycles. The molecular weight excluding hydrogens is 444 g/mol. The molecule has 4 rings (SSSR count). The molecule has 0 aliphatic heterocycles. The van der Waals surface area contributed by atoms with Crippen LogP contribution in [0.5, 0.6) is 5.75 Å². The Morgan fingerprint density at radius 1 is 1.47 bits per heavy atom. The van der Waals surface area contributed by atoms with Gasteiger partial charge in [0.15, 0.2) is 0 Å². The van der Waals surface area contributed by atoms with Gasteiger partial charge in [0.2, 0.25) is 5.75 Å². The summed E-state index contributed by atoms with van der Waals surface area (Å²) >= 11 is 0.918. The average Bonchev–Trinajstić information content (AvgIpc) is 3.08. The van der Waals surface area contributed by atoms with Crippen molar-refractivity contribution in [2.75, 3.05) is 12.3 Å². The van der Waals surface area contributed by atoms with E-state index in [1.54, 1.807) is 12.1 Å². The Balaban J connectivity index is 1.52. The first kappa shape index (κ1) is 20.5. The minimum Gasteiger partial charge on any atom is -0.419 e. The van der Waals surface area contributed by atoms with Crippen LogP contribution in [0.15, 0.2) is 12.1 Å². The summed E-state index contributed by atoms with van der Waals surface area (Å²) in [6, 6.07) is 3.51. The normalized spacial score (nSPS) is 34.8. The lowest BCUT2D eigenvalue weighted by Crippen LogP contribution is -2.50. The first-order chi connectivity index (χ1) is 16.7. The van der Waals surface area contributed by atoms with Crippen LogP contribution in [0.2, 0.25) is 0 Å². The van der Waals surface area contributed by atoms with E-state index in [2.05, 4.69) is 6.92 Å². The Labute approximate surface area is 202 Å². The van der Waals surface area contributed by atoms with Gasteiger partial charge in [-0.25, -0.2) is 0 Å². The summed E-state index contributed by atoms with van der Waals surface area (Å²) in [4.78, 5) is 11.4. The predicted molar refractivity (Wildman–Crippen MR) is 134 cm³/mol. The van der Waals surface area contributed by atoms with Gasteiger partial charge in [-0.05, 0) is 101 Å². The van der Waals surface area contributed by atoms with E-state index in [1.165, 1.54) is 0 Å². The third-order valence-electron chi connectivity index (χ3n) is 8.63. The van der Waals surface area contributed by atoms with Crippen LogP contribution in [0.1, 0.15) is 75.3 Å². The molecule has 6 atom stereocenters. The standard InChI is InChI=1S/C23H35BNO5PS/c1-22-9-6-16-17(19(22)7-10-23(22,26)8-2-3-11-29-31)5-4-15-12-21(30-32-14-24)20(25(27)28)13-18(15)16/h12-13,16-17,19,26H,2-11,14,24,31H2,1H3/t16?,17?,19?,22-,23-/m0/s1/i24TD,31T/t16?,17?,19?,22-,23-,31?. The summed E-state index contributed by atoms with van der Waals surface area (Å²) in [6.45, 7) is 2.84. The Morgan fingerprint density at radius 2 is 2.34 bits per heavy atom. The molecule has 32 heavy (non-hydrogen) atoms. The highest BCUT2D eigenvalue weighted by atomic mass is 32.2. The fraction of sp³-hybridized carbons (Fsp3) is 0.739. The van der Waals surface area contributed by atoms with Crippen molar-refractivity contribution in [3.05, 3.63) is 33.4 Å². The molecule has 0 aromatic heterocycles. The topological polar surface area (TPSA) is 81.8 Å². The van der Waals surface area contributed by atoms with Gasteiger partial charge in [0, 0.05) is 33.2 Å². The maximum atomic E-state index is 11.8. The second kappa shape index (κ2) is 9.81. The van der Waals surface area contributed by atoms with Crippen LogP contribution < -0.4 is 4.18 Å². The van der Waals surface area contributed by atoms with Gasteiger partial charge in [0.25, 0.3) is 0 Å². The predicted octanol–water partition coefficient (Wildman–Crippen LogP) is 4.78. The van der Waals surface area contributed by atoms with Crippen molar-refractivity contribution in [3.8, 4) is 5.75 Å². The molecule has 3 aliphatic carbocycles. The van der Waals surface area contributed by atoms with Crippen molar-refractivity contribution in [2.45, 2.75) is 76.2 Å². The number of fused-ring (bicyclic) bond motifs is 5. The molecule has 4 unspecified atom stereocenters. The van der Waals surface area contributed by atoms with E-state index >= 15 is 0 Å². The molecule has 1 aromatic rings. The Kier molecular flexibility index (Phi) is 6.30. The van der Waals surface area contributed by atoms with Crippen LogP contribution in [0.3, 0.4) is 0 Å². The van der Waals surface area contributed by atoms with E-state index < -0.39 is 18.3 Å². The number of unbranched alkanes of at least 4 members (excludes halogenated alkanes) is 1. The first-order valence-electron chi connectivity index (χ1n) is 13.3. The van der Waals surface area contributed by atoms with E-state index in [-0.39, 0.29) is 37.8 Å². The fourth-order valence-corrected chi connectivity index (χ4v) is 7.48. The summed E-state index contributed by atoms with van der Waals surface area (Å²) in [5.41, 5.74) is 1.43. The number of hydrogen-bond acceptors (Lipinski definition) is 6. The number of aliphatic hydroxyl groups is 1. The monoisotopic (exact) mass is 484 g/mol. The number of nitro groups is 1. The molecule has 9 heteroatoms. The van der Waals surface area contributed by atoms with E-state index in [4.69, 9.17) is 12.7 Å². The third-order valence-corrected chi connectivity index (χ3v) is 9.26. The number of nitrogens with zero attached hydrogens (tertiary/aromatic N) is 1. The van der Waals surface area contributed by atoms with Gasteiger partial charge in [-0.2, -0.15) is 0 Å². The van der Waals surface area contributed by atoms with Crippen molar-refractivity contribution in [2.24, 2.45) is 17.3 Å². The van der Waals surface area contributed by atoms with E-state index in [1.807, 2.05) is 0 Å². The first-order valence-corrected chi connectivity index (χ1v) is 13.0. The van der Waals surface area contributed by atoms with E-state index in [0.717, 1.165) is 81.0 Å². The minimum atomic E-state index is -1.05. The van der Waals surface area contributed by atoms with Gasteiger partial charge >= 0.3 is 5.69 Å². The maximum Gasteiger partial charge on any atom is 0.312 e. The van der Waals surface area contributed by atoms with Gasteiger partial charge < -0.3 is 13.8 Å². The molecule has 6 nitrogen and oxygen atoms in total. The second-order valence-corrected chi connectivity index (χ2v) is 10.9. The highest BCUT2D eigenvalue weighted by molar-refractivity contribution is 7.96. The van der Waals surface area contributed by atoms with Crippen molar-refractivity contribution in [1.82, 2.24) is 0 Å². The number of aryl methyl sites for hydroxylation is 1. The minimum absolute atomic E-state index is 0.0461. The average molecular weight is 484 g/mol. The second-order valence-electron chi connectivity index (χ2n) is 9.89. The van der Waals surface area contributed by atoms with Gasteiger partial charge in [0.1, 0.15) is 7.77 Å². The zero-order valence-electron chi connectivity index (χ0n) is 21.7. The molecule has 0 bridgehead atoms. The SMILES string of the molecule is [2H]B([3H])CSOc1cc2c(cc1[N+](=O)[O-])C1CC[C@@]3(C)C(CC[C@@]3(O)CCCCOP[3H])C1CC2. The lowest BCUT2D eigenvalue weighted by Gasteiger charge is -2.53. The summed E-state index contributed by atoms with van der Waals surface area (Å²) in [6.07, 6.45) is 8.01. The zero-order chi connectivity index (χ0) is 25.2. The molecule has 0 heterocycles. The molecule has 0 spiro atoms. The van der Waals surface area contributed by atoms with Gasteiger partial charge in [0.05, 0.1) is 18.4 Å². The molecule has 176 valence electrons. The van der Waals surface area contributed by atoms with E-state index in [9.17, 15) is 15.2 Å². The Bertz CT molecular complexity index is 933. The van der Waals surface area contributed by atoms with Crippen LogP contribution in [-0.2, 0) is 10.9 Å². The Hall–Kier alpha value is -0.815. The summed E-state index contributed by atoms with van der Waals surface area (Å²) < 4.78 is 32.5. The van der Waals surface area contributed by atoms with Crippen molar-refractivity contribution < 1.29 is 18.7 Å². The van der Waals surface area contributed by atoms with E-state index in [0.29, 0.717) is 18.4 Å². The summed E-state index contributed by atoms with van der Waals surface area (Å²) in [5.74, 6) is 1.29. The molecular formula is C23H35BNO5PS. The smallest absolute Gasteiger partial charge is 0.312 e. The number of benzene rings is 1. The van der Waals surface area contributed by atoms with Gasteiger partial charge in [-0.3, -0.25) is 10.1 Å². The molecule has 0 radical (unpaired) electrons. The van der Waals surface area contributed by atoms with Crippen LogP contribution in [0.4, 0.5) is 5.69 Å². The van der Waals surface area contributed by atoms with Crippen LogP contribution >= 0.6 is 21.5 Å². The molecule has 0 saturated heterocycles. The molecule has 2 fully saturated rings. The molecule has 0 amide bonds. The quantitative estimate of drug-likeness (QED) is 0.122. The number of rotatable bonds is 11. The molecule has 3 aliphatic rings. The lowest BCUT2D eigenvalue weighted by molar-refractivity contribution is -0.385. The van der Waals surface area contributed by atoms with Gasteiger partial charge in [-0.1, -0.05) is 6.92 Å².